The Labute approximate surface area is 150 Å². The van der Waals surface area contributed by atoms with Gasteiger partial charge in [0.05, 0.1) is 33.1 Å². The largest absolute Gasteiger partial charge is 0.493 e. The Morgan fingerprint density at radius 3 is 2.19 bits per heavy atom. The van der Waals surface area contributed by atoms with Crippen LogP contribution < -0.4 is 19.6 Å². The van der Waals surface area contributed by atoms with Crippen molar-refractivity contribution in [2.75, 3.05) is 21.3 Å². The van der Waals surface area contributed by atoms with Crippen molar-refractivity contribution in [3.05, 3.63) is 53.1 Å². The molecule has 2 rings (SSSR count). The molecule has 26 heavy (non-hydrogen) atoms. The number of ether oxygens (including phenoxy) is 3. The van der Waals surface area contributed by atoms with E-state index in [-0.39, 0.29) is 11.1 Å². The van der Waals surface area contributed by atoms with Crippen molar-refractivity contribution >= 4 is 18.1 Å². The Morgan fingerprint density at radius 2 is 1.65 bits per heavy atom. The van der Waals surface area contributed by atoms with E-state index in [2.05, 4.69) is 10.5 Å². The van der Waals surface area contributed by atoms with Crippen molar-refractivity contribution in [1.82, 2.24) is 5.43 Å². The Morgan fingerprint density at radius 1 is 1.04 bits per heavy atom. The molecular weight excluding hydrogens is 340 g/mol. The fraction of sp³-hybridized carbons (Fsp3) is 0.167. The number of benzene rings is 2. The van der Waals surface area contributed by atoms with Gasteiger partial charge in [-0.3, -0.25) is 4.79 Å². The number of carbonyl (C=O) groups excluding carboxylic acids is 1. The molecule has 0 saturated heterocycles. The number of rotatable bonds is 7. The van der Waals surface area contributed by atoms with Crippen LogP contribution in [-0.2, 0) is 0 Å². The average Bonchev–Trinajstić information content (AvgIpc) is 2.66. The van der Waals surface area contributed by atoms with Gasteiger partial charge in [-0.05, 0) is 18.2 Å². The first-order valence-corrected chi connectivity index (χ1v) is 7.47. The number of aromatic carboxylic acids is 1. The summed E-state index contributed by atoms with van der Waals surface area (Å²) >= 11 is 0. The third kappa shape index (κ3) is 4.10. The van der Waals surface area contributed by atoms with Crippen LogP contribution in [0.3, 0.4) is 0 Å². The summed E-state index contributed by atoms with van der Waals surface area (Å²) < 4.78 is 15.6. The first kappa shape index (κ1) is 18.8. The standard InChI is InChI=1S/C18H18N2O6/c1-24-14-8-12(9-15(25-2)16(14)26-3)17(21)20-19-10-11-6-4-5-7-13(11)18(22)23/h4-10H,1-3H3,(H,20,21)(H,22,23)/b19-10-. The molecule has 0 aliphatic rings. The summed E-state index contributed by atoms with van der Waals surface area (Å²) in [5.74, 6) is -0.573. The van der Waals surface area contributed by atoms with Gasteiger partial charge in [0.1, 0.15) is 0 Å². The van der Waals surface area contributed by atoms with Crippen LogP contribution in [0, 0.1) is 0 Å². The van der Waals surface area contributed by atoms with E-state index in [1.54, 1.807) is 18.2 Å². The van der Waals surface area contributed by atoms with Gasteiger partial charge >= 0.3 is 5.97 Å². The Hall–Kier alpha value is -3.55. The summed E-state index contributed by atoms with van der Waals surface area (Å²) in [6.07, 6.45) is 1.26. The number of carbonyl (C=O) groups is 2. The zero-order valence-electron chi connectivity index (χ0n) is 14.5. The summed E-state index contributed by atoms with van der Waals surface area (Å²) in [7, 11) is 4.35. The second-order valence-corrected chi connectivity index (χ2v) is 5.01. The summed E-state index contributed by atoms with van der Waals surface area (Å²) in [6.45, 7) is 0. The molecule has 0 radical (unpaired) electrons. The Balaban J connectivity index is 2.22. The number of hydrogen-bond donors (Lipinski definition) is 2. The maximum absolute atomic E-state index is 12.3. The summed E-state index contributed by atoms with van der Waals surface area (Å²) in [6, 6.07) is 9.28. The molecule has 0 bridgehead atoms. The lowest BCUT2D eigenvalue weighted by Crippen LogP contribution is -2.18. The van der Waals surface area contributed by atoms with Gasteiger partial charge in [0, 0.05) is 11.1 Å². The number of carboxylic acid groups (broad SMARTS) is 1. The Bertz CT molecular complexity index is 822. The topological polar surface area (TPSA) is 106 Å². The molecule has 136 valence electrons. The maximum atomic E-state index is 12.3. The van der Waals surface area contributed by atoms with E-state index in [0.717, 1.165) is 0 Å². The smallest absolute Gasteiger partial charge is 0.336 e. The quantitative estimate of drug-likeness (QED) is 0.580. The van der Waals surface area contributed by atoms with Crippen LogP contribution in [0.1, 0.15) is 26.3 Å². The molecule has 2 aromatic rings. The molecule has 2 aromatic carbocycles. The summed E-state index contributed by atoms with van der Waals surface area (Å²) in [5, 5.41) is 12.9. The normalized spacial score (nSPS) is 10.4. The van der Waals surface area contributed by atoms with Crippen molar-refractivity contribution in [3.63, 3.8) is 0 Å². The zero-order chi connectivity index (χ0) is 19.1. The predicted molar refractivity (Wildman–Crippen MR) is 94.6 cm³/mol. The van der Waals surface area contributed by atoms with Gasteiger partial charge in [-0.2, -0.15) is 5.10 Å². The van der Waals surface area contributed by atoms with E-state index in [0.29, 0.717) is 22.8 Å². The lowest BCUT2D eigenvalue weighted by molar-refractivity contribution is 0.0696. The fourth-order valence-corrected chi connectivity index (χ4v) is 2.24. The molecular formula is C18H18N2O6. The molecule has 1 amide bonds. The number of methoxy groups -OCH3 is 3. The van der Waals surface area contributed by atoms with Crippen LogP contribution in [-0.4, -0.2) is 44.5 Å². The molecule has 0 spiro atoms. The summed E-state index contributed by atoms with van der Waals surface area (Å²) in [4.78, 5) is 23.4. The van der Waals surface area contributed by atoms with E-state index >= 15 is 0 Å². The second kappa shape index (κ2) is 8.52. The number of nitrogens with zero attached hydrogens (tertiary/aromatic N) is 1. The van der Waals surface area contributed by atoms with Crippen molar-refractivity contribution < 1.29 is 28.9 Å². The molecule has 0 atom stereocenters. The first-order chi connectivity index (χ1) is 12.5. The highest BCUT2D eigenvalue weighted by Gasteiger charge is 2.16. The molecule has 0 aliphatic carbocycles. The van der Waals surface area contributed by atoms with Gasteiger partial charge in [-0.15, -0.1) is 0 Å². The predicted octanol–water partition coefficient (Wildman–Crippen LogP) is 2.17. The third-order valence-corrected chi connectivity index (χ3v) is 3.49. The average molecular weight is 358 g/mol. The van der Waals surface area contributed by atoms with Gasteiger partial charge in [-0.1, -0.05) is 18.2 Å². The van der Waals surface area contributed by atoms with E-state index < -0.39 is 11.9 Å². The van der Waals surface area contributed by atoms with Gasteiger partial charge in [-0.25, -0.2) is 10.2 Å². The molecule has 0 aromatic heterocycles. The molecule has 0 unspecified atom stereocenters. The van der Waals surface area contributed by atoms with Crippen molar-refractivity contribution in [3.8, 4) is 17.2 Å². The maximum Gasteiger partial charge on any atom is 0.336 e. The van der Waals surface area contributed by atoms with Crippen molar-refractivity contribution in [2.24, 2.45) is 5.10 Å². The first-order valence-electron chi connectivity index (χ1n) is 7.47. The van der Waals surface area contributed by atoms with E-state index in [1.165, 1.54) is 45.7 Å². The lowest BCUT2D eigenvalue weighted by Gasteiger charge is -2.13. The van der Waals surface area contributed by atoms with Crippen LogP contribution in [0.15, 0.2) is 41.5 Å². The van der Waals surface area contributed by atoms with Crippen LogP contribution in [0.2, 0.25) is 0 Å². The third-order valence-electron chi connectivity index (χ3n) is 3.49. The molecule has 0 heterocycles. The Kier molecular flexibility index (Phi) is 6.15. The highest BCUT2D eigenvalue weighted by atomic mass is 16.5. The highest BCUT2D eigenvalue weighted by molar-refractivity contribution is 5.99. The van der Waals surface area contributed by atoms with Gasteiger partial charge < -0.3 is 19.3 Å². The lowest BCUT2D eigenvalue weighted by atomic mass is 10.1. The minimum absolute atomic E-state index is 0.0817. The van der Waals surface area contributed by atoms with E-state index in [9.17, 15) is 9.59 Å². The van der Waals surface area contributed by atoms with Gasteiger partial charge in [0.15, 0.2) is 11.5 Å². The minimum Gasteiger partial charge on any atom is -0.493 e. The molecule has 0 saturated carbocycles. The number of hydrazone groups is 1. The fourth-order valence-electron chi connectivity index (χ4n) is 2.24. The van der Waals surface area contributed by atoms with Crippen molar-refractivity contribution in [1.29, 1.82) is 0 Å². The SMILES string of the molecule is COc1cc(C(=O)N/N=C\c2ccccc2C(=O)O)cc(OC)c1OC. The number of hydrogen-bond acceptors (Lipinski definition) is 6. The number of carboxylic acids is 1. The number of nitrogens with one attached hydrogen (secondary N) is 1. The zero-order valence-corrected chi connectivity index (χ0v) is 14.5. The van der Waals surface area contributed by atoms with E-state index in [4.69, 9.17) is 19.3 Å². The van der Waals surface area contributed by atoms with Crippen LogP contribution >= 0.6 is 0 Å². The highest BCUT2D eigenvalue weighted by Crippen LogP contribution is 2.38. The van der Waals surface area contributed by atoms with E-state index in [1.807, 2.05) is 0 Å². The minimum atomic E-state index is -1.08. The molecule has 2 N–H and O–H groups in total. The number of amides is 1. The van der Waals surface area contributed by atoms with Crippen LogP contribution in [0.4, 0.5) is 0 Å². The van der Waals surface area contributed by atoms with Crippen molar-refractivity contribution in [2.45, 2.75) is 0 Å². The summed E-state index contributed by atoms with van der Waals surface area (Å²) in [5.41, 5.74) is 3.03. The molecule has 0 fully saturated rings. The molecule has 8 heteroatoms. The van der Waals surface area contributed by atoms with Crippen LogP contribution in [0.5, 0.6) is 17.2 Å². The molecule has 0 aliphatic heterocycles. The second-order valence-electron chi connectivity index (χ2n) is 5.01. The van der Waals surface area contributed by atoms with Gasteiger partial charge in [0.2, 0.25) is 5.75 Å². The van der Waals surface area contributed by atoms with Crippen LogP contribution in [0.25, 0.3) is 0 Å². The molecule has 8 nitrogen and oxygen atoms in total. The monoisotopic (exact) mass is 358 g/mol. The van der Waals surface area contributed by atoms with Gasteiger partial charge in [0.25, 0.3) is 5.91 Å².